The first kappa shape index (κ1) is 21.6. The summed E-state index contributed by atoms with van der Waals surface area (Å²) in [5.74, 6) is -0.0856. The van der Waals surface area contributed by atoms with Crippen molar-refractivity contribution in [2.75, 3.05) is 6.61 Å². The van der Waals surface area contributed by atoms with Gasteiger partial charge in [0.05, 0.1) is 0 Å². The number of hydrogen-bond donors (Lipinski definition) is 1. The van der Waals surface area contributed by atoms with E-state index in [0.717, 1.165) is 6.42 Å². The van der Waals surface area contributed by atoms with Gasteiger partial charge in [0, 0.05) is 0 Å². The molecule has 0 rings (SSSR count). The van der Waals surface area contributed by atoms with E-state index in [4.69, 9.17) is 4.74 Å². The van der Waals surface area contributed by atoms with Crippen LogP contribution in [0.1, 0.15) is 71.1 Å². The summed E-state index contributed by atoms with van der Waals surface area (Å²) in [6.07, 6.45) is 13.0. The van der Waals surface area contributed by atoms with Crippen molar-refractivity contribution in [1.82, 2.24) is 0 Å². The summed E-state index contributed by atoms with van der Waals surface area (Å²) >= 11 is 2.18. The molecule has 0 aliphatic carbocycles. The van der Waals surface area contributed by atoms with E-state index >= 15 is 0 Å². The molecule has 0 saturated heterocycles. The number of hydrogen-bond acceptors (Lipinski definition) is 3. The summed E-state index contributed by atoms with van der Waals surface area (Å²) < 4.78 is 5.22. The van der Waals surface area contributed by atoms with Crippen LogP contribution < -0.4 is 0 Å². The first-order chi connectivity index (χ1) is 9.89. The summed E-state index contributed by atoms with van der Waals surface area (Å²) in [6.45, 7) is 2.84. The third kappa shape index (κ3) is 12.8. The van der Waals surface area contributed by atoms with E-state index in [2.05, 4.69) is 34.4 Å². The summed E-state index contributed by atoms with van der Waals surface area (Å²) in [5.41, 5.74) is 0. The second-order valence-corrected chi connectivity index (χ2v) is 24.2. The average molecular weight is 423 g/mol. The van der Waals surface area contributed by atoms with Crippen LogP contribution in [0, 0.1) is 0 Å². The number of rotatable bonds is 13. The van der Waals surface area contributed by atoms with Crippen LogP contribution in [-0.4, -0.2) is 34.2 Å². The molecule has 21 heavy (non-hydrogen) atoms. The monoisotopic (exact) mass is 424 g/mol. The second kappa shape index (κ2) is 13.1. The molecule has 0 fully saturated rings. The molecule has 0 aromatic carbocycles. The average Bonchev–Trinajstić information content (AvgIpc) is 2.42. The van der Waals surface area contributed by atoms with Crippen LogP contribution in [0.4, 0.5) is 0 Å². The molecule has 0 amide bonds. The van der Waals surface area contributed by atoms with Crippen LogP contribution in [0.3, 0.4) is 0 Å². The molecule has 0 aromatic rings. The fourth-order valence-corrected chi connectivity index (χ4v) is 4.53. The number of unbranched alkanes of at least 4 members (excludes halogenated alkanes) is 9. The Morgan fingerprint density at radius 2 is 1.33 bits per heavy atom. The molecule has 0 bridgehead atoms. The zero-order valence-electron chi connectivity index (χ0n) is 14.6. The van der Waals surface area contributed by atoms with Crippen molar-refractivity contribution in [3.8, 4) is 0 Å². The van der Waals surface area contributed by atoms with Gasteiger partial charge in [-0.25, -0.2) is 0 Å². The van der Waals surface area contributed by atoms with Gasteiger partial charge in [0.2, 0.25) is 0 Å². The molecule has 0 heterocycles. The molecule has 0 radical (unpaired) electrons. The fraction of sp³-hybridized carbons (Fsp3) is 0.941. The third-order valence-electron chi connectivity index (χ3n) is 3.79. The molecule has 4 heteroatoms. The SMILES string of the molecule is CCCCCCCCCCCCOC(=O)[CH](S)[Sn]([CH3])([CH3])[CH3]. The van der Waals surface area contributed by atoms with Crippen LogP contribution in [0.2, 0.25) is 14.8 Å². The Bertz CT molecular complexity index is 264. The zero-order chi connectivity index (χ0) is 16.1. The van der Waals surface area contributed by atoms with Crippen LogP contribution >= 0.6 is 12.6 Å². The van der Waals surface area contributed by atoms with Gasteiger partial charge in [-0.05, 0) is 0 Å². The number of carbonyl (C=O) groups excluding carboxylic acids is 1. The Balaban J connectivity index is 3.35. The minimum absolute atomic E-state index is 0.0856. The van der Waals surface area contributed by atoms with Gasteiger partial charge >= 0.3 is 123 Å². The van der Waals surface area contributed by atoms with Crippen molar-refractivity contribution in [2.45, 2.75) is 89.2 Å². The molecule has 0 aromatic heterocycles. The van der Waals surface area contributed by atoms with E-state index < -0.39 is 18.4 Å². The van der Waals surface area contributed by atoms with Crippen molar-refractivity contribution < 1.29 is 9.53 Å². The number of ether oxygens (including phenoxy) is 1. The van der Waals surface area contributed by atoms with Crippen molar-refractivity contribution in [3.05, 3.63) is 0 Å². The number of esters is 1. The Hall–Kier alpha value is 0.619. The Morgan fingerprint density at radius 1 is 0.905 bits per heavy atom. The van der Waals surface area contributed by atoms with Crippen LogP contribution in [0.15, 0.2) is 0 Å². The molecule has 126 valence electrons. The molecular formula is C17H36O2SSn. The summed E-state index contributed by atoms with van der Waals surface area (Å²) in [6, 6.07) is 0. The number of thiol groups is 1. The van der Waals surface area contributed by atoms with Crippen molar-refractivity contribution in [3.63, 3.8) is 0 Å². The van der Waals surface area contributed by atoms with E-state index in [0.29, 0.717) is 6.61 Å². The topological polar surface area (TPSA) is 26.3 Å². The fourth-order valence-electron chi connectivity index (χ4n) is 2.19. The molecule has 0 aliphatic rings. The van der Waals surface area contributed by atoms with Gasteiger partial charge in [0.25, 0.3) is 0 Å². The Labute approximate surface area is 142 Å². The van der Waals surface area contributed by atoms with Gasteiger partial charge < -0.3 is 0 Å². The molecule has 0 aliphatic heterocycles. The predicted octanol–water partition coefficient (Wildman–Crippen LogP) is 5.63. The third-order valence-corrected chi connectivity index (χ3v) is 14.5. The van der Waals surface area contributed by atoms with E-state index in [1.807, 2.05) is 0 Å². The van der Waals surface area contributed by atoms with Gasteiger partial charge in [-0.2, -0.15) is 0 Å². The van der Waals surface area contributed by atoms with Gasteiger partial charge in [-0.3, -0.25) is 0 Å². The van der Waals surface area contributed by atoms with E-state index in [-0.39, 0.29) is 9.24 Å². The Morgan fingerprint density at radius 3 is 1.76 bits per heavy atom. The predicted molar refractivity (Wildman–Crippen MR) is 98.9 cm³/mol. The zero-order valence-corrected chi connectivity index (χ0v) is 18.4. The molecule has 0 spiro atoms. The van der Waals surface area contributed by atoms with Gasteiger partial charge in [0.15, 0.2) is 0 Å². The summed E-state index contributed by atoms with van der Waals surface area (Å²) in [5, 5.41) is 0. The first-order valence-corrected chi connectivity index (χ1v) is 19.5. The second-order valence-electron chi connectivity index (χ2n) is 7.12. The van der Waals surface area contributed by atoms with E-state index in [1.54, 1.807) is 0 Å². The summed E-state index contributed by atoms with van der Waals surface area (Å²) in [7, 11) is 0. The van der Waals surface area contributed by atoms with E-state index in [9.17, 15) is 4.79 Å². The van der Waals surface area contributed by atoms with Gasteiger partial charge in [-0.15, -0.1) is 0 Å². The minimum atomic E-state index is -2.25. The van der Waals surface area contributed by atoms with Crippen LogP contribution in [0.5, 0.6) is 0 Å². The molecule has 1 unspecified atom stereocenters. The van der Waals surface area contributed by atoms with Crippen LogP contribution in [0.25, 0.3) is 0 Å². The van der Waals surface area contributed by atoms with E-state index in [1.165, 1.54) is 57.8 Å². The van der Waals surface area contributed by atoms with Crippen molar-refractivity contribution in [1.29, 1.82) is 0 Å². The molecule has 2 nitrogen and oxygen atoms in total. The first-order valence-electron chi connectivity index (χ1n) is 8.74. The quantitative estimate of drug-likeness (QED) is 0.180. The molecule has 1 atom stereocenters. The Kier molecular flexibility index (Phi) is 13.5. The van der Waals surface area contributed by atoms with Gasteiger partial charge in [0.1, 0.15) is 0 Å². The maximum atomic E-state index is 11.8. The molecule has 0 saturated carbocycles. The van der Waals surface area contributed by atoms with Crippen LogP contribution in [-0.2, 0) is 9.53 Å². The van der Waals surface area contributed by atoms with Crippen molar-refractivity contribution in [2.24, 2.45) is 0 Å². The molecular weight excluding hydrogens is 387 g/mol. The van der Waals surface area contributed by atoms with Gasteiger partial charge in [-0.1, -0.05) is 19.8 Å². The standard InChI is InChI=1S/C14H27O2S.3CH3.Sn/c1-2-3-4-5-6-7-8-9-10-11-12-16-14(15)13-17;;;;/h13,17H,2-12H2,1H3;3*1H3;. The normalized spacial score (nSPS) is 13.2. The maximum absolute atomic E-state index is 11.8. The van der Waals surface area contributed by atoms with Crippen molar-refractivity contribution >= 4 is 37.0 Å². The number of carbonyl (C=O) groups is 1. The molecule has 0 N–H and O–H groups in total. The summed E-state index contributed by atoms with van der Waals surface area (Å²) in [4.78, 5) is 18.5.